The number of hydrogen-bond acceptors (Lipinski definition) is 5. The summed E-state index contributed by atoms with van der Waals surface area (Å²) in [6.07, 6.45) is 3.75. The second-order valence-electron chi connectivity index (χ2n) is 2.29. The van der Waals surface area contributed by atoms with E-state index >= 15 is 0 Å². The van der Waals surface area contributed by atoms with E-state index in [1.807, 2.05) is 24.5 Å². The van der Waals surface area contributed by atoms with Crippen molar-refractivity contribution in [1.82, 2.24) is 15.2 Å². The van der Waals surface area contributed by atoms with E-state index in [9.17, 15) is 0 Å². The molecule has 2 heterocycles. The van der Waals surface area contributed by atoms with Gasteiger partial charge in [-0.25, -0.2) is 0 Å². The lowest BCUT2D eigenvalue weighted by Crippen LogP contribution is -1.79. The van der Waals surface area contributed by atoms with Gasteiger partial charge in [-0.05, 0) is 18.4 Å². The van der Waals surface area contributed by atoms with Crippen LogP contribution in [0, 0.1) is 0 Å². The summed E-state index contributed by atoms with van der Waals surface area (Å²) in [5.41, 5.74) is 0.889. The maximum Gasteiger partial charge on any atom is 0.174 e. The quantitative estimate of drug-likeness (QED) is 0.711. The van der Waals surface area contributed by atoms with Gasteiger partial charge < -0.3 is 0 Å². The number of aromatic nitrogens is 3. The topological polar surface area (TPSA) is 38.7 Å². The average molecular weight is 209 g/mol. The van der Waals surface area contributed by atoms with Crippen LogP contribution >= 0.6 is 23.1 Å². The Balaban J connectivity index is 2.36. The predicted molar refractivity (Wildman–Crippen MR) is 54.9 cm³/mol. The van der Waals surface area contributed by atoms with E-state index < -0.39 is 0 Å². The molecule has 66 valence electrons. The van der Waals surface area contributed by atoms with Gasteiger partial charge in [0.2, 0.25) is 0 Å². The molecule has 0 aliphatic carbocycles. The summed E-state index contributed by atoms with van der Waals surface area (Å²) in [5, 5.41) is 8.92. The van der Waals surface area contributed by atoms with Crippen molar-refractivity contribution >= 4 is 23.1 Å². The van der Waals surface area contributed by atoms with Gasteiger partial charge in [-0.1, -0.05) is 29.2 Å². The standard InChI is InChI=1S/C8H7N3S2/c1-12-8-11-10-7(13-8)6-4-2-3-5-9-6/h2-5H,1H3. The average Bonchev–Trinajstić information content (AvgIpc) is 2.67. The SMILES string of the molecule is CSc1nnc(-c2ccccn2)s1. The monoisotopic (exact) mass is 209 g/mol. The second-order valence-corrected chi connectivity index (χ2v) is 4.32. The van der Waals surface area contributed by atoms with Gasteiger partial charge in [0.25, 0.3) is 0 Å². The lowest BCUT2D eigenvalue weighted by molar-refractivity contribution is 1.01. The van der Waals surface area contributed by atoms with Crippen LogP contribution in [0.4, 0.5) is 0 Å². The maximum atomic E-state index is 4.20. The van der Waals surface area contributed by atoms with Gasteiger partial charge in [0.05, 0.1) is 0 Å². The highest BCUT2D eigenvalue weighted by Crippen LogP contribution is 2.26. The Hall–Kier alpha value is -0.940. The Morgan fingerprint density at radius 3 is 2.85 bits per heavy atom. The van der Waals surface area contributed by atoms with Gasteiger partial charge in [0.15, 0.2) is 9.35 Å². The van der Waals surface area contributed by atoms with E-state index in [0.717, 1.165) is 15.0 Å². The Morgan fingerprint density at radius 2 is 2.23 bits per heavy atom. The van der Waals surface area contributed by atoms with Gasteiger partial charge in [-0.15, -0.1) is 10.2 Å². The molecule has 5 heteroatoms. The summed E-state index contributed by atoms with van der Waals surface area (Å²) in [6.45, 7) is 0. The van der Waals surface area contributed by atoms with Crippen LogP contribution in [0.2, 0.25) is 0 Å². The highest BCUT2D eigenvalue weighted by atomic mass is 32.2. The van der Waals surface area contributed by atoms with E-state index in [1.54, 1.807) is 29.3 Å². The fraction of sp³-hybridized carbons (Fsp3) is 0.125. The van der Waals surface area contributed by atoms with Crippen LogP contribution in [0.25, 0.3) is 10.7 Å². The van der Waals surface area contributed by atoms with Crippen molar-refractivity contribution in [1.29, 1.82) is 0 Å². The van der Waals surface area contributed by atoms with Crippen molar-refractivity contribution in [2.45, 2.75) is 4.34 Å². The fourth-order valence-corrected chi connectivity index (χ4v) is 2.13. The molecule has 0 radical (unpaired) electrons. The summed E-state index contributed by atoms with van der Waals surface area (Å²) < 4.78 is 0.973. The van der Waals surface area contributed by atoms with Crippen molar-refractivity contribution in [2.75, 3.05) is 6.26 Å². The van der Waals surface area contributed by atoms with Crippen LogP contribution in [-0.2, 0) is 0 Å². The molecule has 0 amide bonds. The molecule has 2 aromatic rings. The number of pyridine rings is 1. The first-order valence-corrected chi connectivity index (χ1v) is 5.73. The third kappa shape index (κ3) is 1.87. The van der Waals surface area contributed by atoms with Crippen LogP contribution < -0.4 is 0 Å². The van der Waals surface area contributed by atoms with Gasteiger partial charge in [0.1, 0.15) is 5.69 Å². The molecule has 0 saturated heterocycles. The van der Waals surface area contributed by atoms with Crippen molar-refractivity contribution in [3.63, 3.8) is 0 Å². The molecule has 0 spiro atoms. The van der Waals surface area contributed by atoms with E-state index in [-0.39, 0.29) is 0 Å². The zero-order valence-electron chi connectivity index (χ0n) is 6.97. The maximum absolute atomic E-state index is 4.20. The third-order valence-electron chi connectivity index (χ3n) is 1.47. The summed E-state index contributed by atoms with van der Waals surface area (Å²) in [4.78, 5) is 4.20. The molecule has 0 aliphatic heterocycles. The van der Waals surface area contributed by atoms with E-state index in [4.69, 9.17) is 0 Å². The molecule has 0 saturated carbocycles. The lowest BCUT2D eigenvalue weighted by atomic mass is 10.4. The van der Waals surface area contributed by atoms with Crippen molar-refractivity contribution in [3.8, 4) is 10.7 Å². The molecule has 3 nitrogen and oxygen atoms in total. The smallest absolute Gasteiger partial charge is 0.174 e. The van der Waals surface area contributed by atoms with Gasteiger partial charge in [0, 0.05) is 6.20 Å². The van der Waals surface area contributed by atoms with E-state index in [1.165, 1.54) is 0 Å². The molecule has 13 heavy (non-hydrogen) atoms. The minimum atomic E-state index is 0.880. The van der Waals surface area contributed by atoms with Crippen molar-refractivity contribution in [2.24, 2.45) is 0 Å². The van der Waals surface area contributed by atoms with Crippen LogP contribution in [0.1, 0.15) is 0 Å². The number of nitrogens with zero attached hydrogens (tertiary/aromatic N) is 3. The lowest BCUT2D eigenvalue weighted by Gasteiger charge is -1.90. The van der Waals surface area contributed by atoms with Crippen LogP contribution in [0.5, 0.6) is 0 Å². The largest absolute Gasteiger partial charge is 0.254 e. The highest BCUT2D eigenvalue weighted by Gasteiger charge is 2.05. The molecule has 2 aromatic heterocycles. The fourth-order valence-electron chi connectivity index (χ4n) is 0.885. The molecule has 2 rings (SSSR count). The van der Waals surface area contributed by atoms with E-state index in [2.05, 4.69) is 15.2 Å². The van der Waals surface area contributed by atoms with Crippen LogP contribution in [-0.4, -0.2) is 21.4 Å². The minimum absolute atomic E-state index is 0.880. The molecule has 0 aromatic carbocycles. The predicted octanol–water partition coefficient (Wildman–Crippen LogP) is 2.32. The molecule has 0 atom stereocenters. The molecule has 0 N–H and O–H groups in total. The zero-order chi connectivity index (χ0) is 9.10. The summed E-state index contributed by atoms with van der Waals surface area (Å²) in [6, 6.07) is 5.77. The van der Waals surface area contributed by atoms with Crippen LogP contribution in [0.3, 0.4) is 0 Å². The second kappa shape index (κ2) is 3.85. The molecule has 0 fully saturated rings. The first-order valence-electron chi connectivity index (χ1n) is 3.69. The molecular formula is C8H7N3S2. The van der Waals surface area contributed by atoms with Crippen molar-refractivity contribution < 1.29 is 0 Å². The molecule has 0 unspecified atom stereocenters. The van der Waals surface area contributed by atoms with E-state index in [0.29, 0.717) is 0 Å². The first kappa shape index (κ1) is 8.65. The van der Waals surface area contributed by atoms with Crippen LogP contribution in [0.15, 0.2) is 28.7 Å². The van der Waals surface area contributed by atoms with Gasteiger partial charge in [-0.3, -0.25) is 4.98 Å². The Kier molecular flexibility index (Phi) is 2.56. The normalized spacial score (nSPS) is 10.2. The van der Waals surface area contributed by atoms with Gasteiger partial charge >= 0.3 is 0 Å². The van der Waals surface area contributed by atoms with Crippen molar-refractivity contribution in [3.05, 3.63) is 24.4 Å². The number of hydrogen-bond donors (Lipinski definition) is 0. The third-order valence-corrected chi connectivity index (χ3v) is 3.39. The Morgan fingerprint density at radius 1 is 1.31 bits per heavy atom. The Labute approximate surface area is 84.2 Å². The summed E-state index contributed by atoms with van der Waals surface area (Å²) >= 11 is 3.17. The minimum Gasteiger partial charge on any atom is -0.254 e. The molecule has 0 bridgehead atoms. The summed E-state index contributed by atoms with van der Waals surface area (Å²) in [7, 11) is 0. The zero-order valence-corrected chi connectivity index (χ0v) is 8.60. The molecular weight excluding hydrogens is 202 g/mol. The number of thioether (sulfide) groups is 1. The van der Waals surface area contributed by atoms with Gasteiger partial charge in [-0.2, -0.15) is 0 Å². The first-order chi connectivity index (χ1) is 6.40. The Bertz CT molecular complexity index is 385. The summed E-state index contributed by atoms with van der Waals surface area (Å²) in [5.74, 6) is 0. The highest BCUT2D eigenvalue weighted by molar-refractivity contribution is 8.00. The number of rotatable bonds is 2. The molecule has 0 aliphatic rings.